The Morgan fingerprint density at radius 1 is 1.43 bits per heavy atom. The van der Waals surface area contributed by atoms with Crippen LogP contribution in [0.1, 0.15) is 18.5 Å². The van der Waals surface area contributed by atoms with E-state index >= 15 is 0 Å². The Hall–Kier alpha value is -1.29. The van der Waals surface area contributed by atoms with Gasteiger partial charge in [-0.2, -0.15) is 4.31 Å². The number of hydrogen-bond donors (Lipinski definition) is 1. The summed E-state index contributed by atoms with van der Waals surface area (Å²) in [6.07, 6.45) is 1.37. The van der Waals surface area contributed by atoms with E-state index in [0.717, 1.165) is 5.69 Å². The summed E-state index contributed by atoms with van der Waals surface area (Å²) in [5.41, 5.74) is 0.857. The minimum atomic E-state index is -3.50. The topological polar surface area (TPSA) is 79.4 Å². The first kappa shape index (κ1) is 16.6. The predicted molar refractivity (Wildman–Crippen MR) is 91.3 cm³/mol. The zero-order chi connectivity index (χ0) is 16.4. The van der Waals surface area contributed by atoms with Gasteiger partial charge in [0.05, 0.1) is 11.6 Å². The number of thiophene rings is 1. The van der Waals surface area contributed by atoms with Crippen molar-refractivity contribution < 1.29 is 13.2 Å². The fourth-order valence-electron chi connectivity index (χ4n) is 2.53. The lowest BCUT2D eigenvalue weighted by Crippen LogP contribution is -2.43. The normalized spacial score (nSPS) is 19.6. The maximum atomic E-state index is 12.6. The Balaban J connectivity index is 1.69. The molecule has 1 saturated heterocycles. The number of thiazole rings is 1. The van der Waals surface area contributed by atoms with E-state index in [0.29, 0.717) is 28.7 Å². The smallest absolute Gasteiger partial charge is 0.252 e. The number of nitrogens with one attached hydrogen (secondary N) is 1. The summed E-state index contributed by atoms with van der Waals surface area (Å²) >= 11 is 2.57. The lowest BCUT2D eigenvalue weighted by atomic mass is 9.99. The van der Waals surface area contributed by atoms with Gasteiger partial charge in [0.15, 0.2) is 5.13 Å². The van der Waals surface area contributed by atoms with Gasteiger partial charge in [0.25, 0.3) is 10.0 Å². The number of hydrogen-bond acceptors (Lipinski definition) is 6. The highest BCUT2D eigenvalue weighted by Gasteiger charge is 2.33. The van der Waals surface area contributed by atoms with Crippen LogP contribution in [-0.4, -0.2) is 36.7 Å². The first-order chi connectivity index (χ1) is 11.0. The van der Waals surface area contributed by atoms with Crippen LogP contribution in [0, 0.1) is 12.8 Å². The van der Waals surface area contributed by atoms with Crippen molar-refractivity contribution in [2.75, 3.05) is 18.4 Å². The monoisotopic (exact) mass is 371 g/mol. The van der Waals surface area contributed by atoms with Gasteiger partial charge < -0.3 is 5.32 Å². The highest BCUT2D eigenvalue weighted by Crippen LogP contribution is 2.27. The second kappa shape index (κ2) is 6.68. The second-order valence-corrected chi connectivity index (χ2v) is 9.39. The van der Waals surface area contributed by atoms with Gasteiger partial charge in [-0.05, 0) is 31.2 Å². The van der Waals surface area contributed by atoms with E-state index in [2.05, 4.69) is 10.3 Å². The molecule has 2 aromatic rings. The quantitative estimate of drug-likeness (QED) is 0.896. The van der Waals surface area contributed by atoms with E-state index in [9.17, 15) is 13.2 Å². The molecule has 0 aliphatic carbocycles. The number of aromatic nitrogens is 1. The number of rotatable bonds is 4. The molecule has 124 valence electrons. The van der Waals surface area contributed by atoms with Crippen LogP contribution in [0.25, 0.3) is 0 Å². The third-order valence-corrected chi connectivity index (χ3v) is 7.81. The largest absolute Gasteiger partial charge is 0.302 e. The maximum Gasteiger partial charge on any atom is 0.252 e. The van der Waals surface area contributed by atoms with Gasteiger partial charge in [-0.1, -0.05) is 6.07 Å². The van der Waals surface area contributed by atoms with Gasteiger partial charge in [0.1, 0.15) is 4.21 Å². The number of amides is 1. The third kappa shape index (κ3) is 3.63. The lowest BCUT2D eigenvalue weighted by molar-refractivity contribution is -0.120. The summed E-state index contributed by atoms with van der Waals surface area (Å²) in [6, 6.07) is 3.32. The van der Waals surface area contributed by atoms with Crippen molar-refractivity contribution in [3.63, 3.8) is 0 Å². The van der Waals surface area contributed by atoms with Crippen molar-refractivity contribution in [3.05, 3.63) is 28.6 Å². The molecule has 1 aliphatic rings. The number of carbonyl (C=O) groups excluding carboxylic acids is 1. The van der Waals surface area contributed by atoms with E-state index in [1.165, 1.54) is 27.0 Å². The van der Waals surface area contributed by atoms with Gasteiger partial charge in [0, 0.05) is 18.5 Å². The maximum absolute atomic E-state index is 12.6. The molecule has 3 heterocycles. The van der Waals surface area contributed by atoms with Crippen LogP contribution in [0.15, 0.2) is 27.1 Å². The third-order valence-electron chi connectivity index (χ3n) is 3.69. The van der Waals surface area contributed by atoms with Crippen LogP contribution in [0.5, 0.6) is 0 Å². The summed E-state index contributed by atoms with van der Waals surface area (Å²) in [7, 11) is -3.50. The number of carbonyl (C=O) groups is 1. The van der Waals surface area contributed by atoms with E-state index in [1.807, 2.05) is 12.3 Å². The molecular formula is C14H17N3O3S3. The summed E-state index contributed by atoms with van der Waals surface area (Å²) < 4.78 is 26.9. The Bertz CT molecular complexity index is 783. The number of aryl methyl sites for hydroxylation is 1. The average Bonchev–Trinajstić information content (AvgIpc) is 3.19. The highest BCUT2D eigenvalue weighted by molar-refractivity contribution is 7.91. The Morgan fingerprint density at radius 2 is 2.26 bits per heavy atom. The number of piperidine rings is 1. The van der Waals surface area contributed by atoms with Crippen LogP contribution in [0.3, 0.4) is 0 Å². The van der Waals surface area contributed by atoms with Crippen molar-refractivity contribution in [2.24, 2.45) is 5.92 Å². The molecule has 0 aromatic carbocycles. The SMILES string of the molecule is Cc1csc(NC(=O)C2CCCN(S(=O)(=O)c3cccs3)C2)n1. The van der Waals surface area contributed by atoms with E-state index in [1.54, 1.807) is 17.5 Å². The molecule has 1 amide bonds. The van der Waals surface area contributed by atoms with Crippen molar-refractivity contribution >= 4 is 43.7 Å². The Kier molecular flexibility index (Phi) is 4.81. The van der Waals surface area contributed by atoms with Crippen LogP contribution in [0.2, 0.25) is 0 Å². The molecule has 9 heteroatoms. The van der Waals surface area contributed by atoms with Crippen LogP contribution in [-0.2, 0) is 14.8 Å². The molecular weight excluding hydrogens is 354 g/mol. The summed E-state index contributed by atoms with van der Waals surface area (Å²) in [4.78, 5) is 16.6. The zero-order valence-corrected chi connectivity index (χ0v) is 15.0. The fourth-order valence-corrected chi connectivity index (χ4v) is 5.89. The average molecular weight is 372 g/mol. The number of anilines is 1. The summed E-state index contributed by atoms with van der Waals surface area (Å²) in [5.74, 6) is -0.506. The van der Waals surface area contributed by atoms with E-state index in [-0.39, 0.29) is 18.4 Å². The molecule has 2 aromatic heterocycles. The molecule has 0 saturated carbocycles. The first-order valence-corrected chi connectivity index (χ1v) is 10.4. The zero-order valence-electron chi connectivity index (χ0n) is 12.6. The molecule has 3 rings (SSSR count). The van der Waals surface area contributed by atoms with Crippen LogP contribution in [0.4, 0.5) is 5.13 Å². The summed E-state index contributed by atoms with van der Waals surface area (Å²) in [5, 5.41) is 6.96. The highest BCUT2D eigenvalue weighted by atomic mass is 32.2. The molecule has 1 aliphatic heterocycles. The molecule has 23 heavy (non-hydrogen) atoms. The summed E-state index contributed by atoms with van der Waals surface area (Å²) in [6.45, 7) is 2.54. The van der Waals surface area contributed by atoms with Crippen molar-refractivity contribution in [2.45, 2.75) is 24.0 Å². The number of nitrogens with zero attached hydrogens (tertiary/aromatic N) is 2. The predicted octanol–water partition coefficient (Wildman–Crippen LogP) is 2.55. The minimum Gasteiger partial charge on any atom is -0.302 e. The molecule has 6 nitrogen and oxygen atoms in total. The van der Waals surface area contributed by atoms with E-state index in [4.69, 9.17) is 0 Å². The molecule has 0 spiro atoms. The molecule has 1 N–H and O–H groups in total. The van der Waals surface area contributed by atoms with Crippen molar-refractivity contribution in [3.8, 4) is 0 Å². The lowest BCUT2D eigenvalue weighted by Gasteiger charge is -2.30. The van der Waals surface area contributed by atoms with Gasteiger partial charge in [-0.3, -0.25) is 4.79 Å². The molecule has 1 atom stereocenters. The first-order valence-electron chi connectivity index (χ1n) is 7.23. The molecule has 0 radical (unpaired) electrons. The van der Waals surface area contributed by atoms with Gasteiger partial charge in [-0.25, -0.2) is 13.4 Å². The van der Waals surface area contributed by atoms with Gasteiger partial charge in [-0.15, -0.1) is 22.7 Å². The second-order valence-electron chi connectivity index (χ2n) is 5.42. The molecule has 0 bridgehead atoms. The molecule has 1 fully saturated rings. The Morgan fingerprint density at radius 3 is 2.91 bits per heavy atom. The van der Waals surface area contributed by atoms with Gasteiger partial charge in [0.2, 0.25) is 5.91 Å². The van der Waals surface area contributed by atoms with Crippen molar-refractivity contribution in [1.29, 1.82) is 0 Å². The number of sulfonamides is 1. The van der Waals surface area contributed by atoms with Crippen molar-refractivity contribution in [1.82, 2.24) is 9.29 Å². The standard InChI is InChI=1S/C14H17N3O3S3/c1-10-9-22-14(15-10)16-13(18)11-4-2-6-17(8-11)23(19,20)12-5-3-7-21-12/h3,5,7,9,11H,2,4,6,8H2,1H3,(H,15,16,18). The van der Waals surface area contributed by atoms with Crippen LogP contribution < -0.4 is 5.32 Å². The Labute approximate surface area is 143 Å². The molecule has 1 unspecified atom stereocenters. The fraction of sp³-hybridized carbons (Fsp3) is 0.429. The minimum absolute atomic E-state index is 0.162. The van der Waals surface area contributed by atoms with Gasteiger partial charge >= 0.3 is 0 Å². The van der Waals surface area contributed by atoms with Crippen LogP contribution >= 0.6 is 22.7 Å². The van der Waals surface area contributed by atoms with E-state index < -0.39 is 10.0 Å².